The Hall–Kier alpha value is -3.78. The molecule has 0 aliphatic rings. The molecule has 0 amide bonds. The molecule has 0 spiro atoms. The lowest BCUT2D eigenvalue weighted by atomic mass is 9.91. The van der Waals surface area contributed by atoms with Crippen molar-refractivity contribution >= 4 is 34.1 Å². The quantitative estimate of drug-likeness (QED) is 0.133. The first-order valence-corrected chi connectivity index (χ1v) is 11.4. The van der Waals surface area contributed by atoms with E-state index >= 15 is 0 Å². The van der Waals surface area contributed by atoms with E-state index < -0.39 is 4.92 Å². The zero-order valence-corrected chi connectivity index (χ0v) is 18.9. The van der Waals surface area contributed by atoms with E-state index in [1.807, 2.05) is 38.1 Å². The number of non-ortho nitro benzene ring substituents is 1. The molecule has 4 rings (SSSR count). The predicted molar refractivity (Wildman–Crippen MR) is 129 cm³/mol. The van der Waals surface area contributed by atoms with Crippen LogP contribution < -0.4 is 5.56 Å². The average molecular weight is 460 g/mol. The molecular formula is C25H21N3O4S. The second-order valence-electron chi connectivity index (χ2n) is 7.61. The second kappa shape index (κ2) is 9.38. The highest BCUT2D eigenvalue weighted by atomic mass is 32.2. The normalized spacial score (nSPS) is 11.0. The summed E-state index contributed by atoms with van der Waals surface area (Å²) in [6, 6.07) is 16.8. The van der Waals surface area contributed by atoms with Crippen LogP contribution in [0.25, 0.3) is 10.9 Å². The lowest BCUT2D eigenvalue weighted by molar-refractivity contribution is -0.384. The lowest BCUT2D eigenvalue weighted by Gasteiger charge is -2.14. The van der Waals surface area contributed by atoms with Crippen LogP contribution in [0.2, 0.25) is 0 Å². The fraction of sp³-hybridized carbons (Fsp3) is 0.160. The van der Waals surface area contributed by atoms with Gasteiger partial charge >= 0.3 is 0 Å². The third kappa shape index (κ3) is 4.70. The number of H-pyrrole nitrogens is 1. The van der Waals surface area contributed by atoms with E-state index in [2.05, 4.69) is 9.97 Å². The maximum atomic E-state index is 13.2. The highest BCUT2D eigenvalue weighted by molar-refractivity contribution is 7.98. The van der Waals surface area contributed by atoms with Gasteiger partial charge in [-0.3, -0.25) is 19.7 Å². The Morgan fingerprint density at radius 2 is 1.85 bits per heavy atom. The first-order valence-electron chi connectivity index (χ1n) is 10.4. The summed E-state index contributed by atoms with van der Waals surface area (Å²) in [4.78, 5) is 43.2. The number of benzene rings is 3. The molecule has 1 aromatic heterocycles. The number of rotatable bonds is 7. The summed E-state index contributed by atoms with van der Waals surface area (Å²) < 4.78 is 0. The van der Waals surface area contributed by atoms with Crippen LogP contribution in [-0.4, -0.2) is 20.7 Å². The van der Waals surface area contributed by atoms with Crippen molar-refractivity contribution in [2.75, 3.05) is 0 Å². The molecule has 166 valence electrons. The van der Waals surface area contributed by atoms with Crippen LogP contribution >= 0.6 is 11.8 Å². The molecule has 3 aromatic carbocycles. The lowest BCUT2D eigenvalue weighted by Crippen LogP contribution is -2.10. The standard InChI is InChI=1S/C25H21N3O4S/c1-3-17-13-16(14-33-25-26-21-7-5-4-6-20(21)24(30)27-25)12-15(2)22(17)23(29)18-8-10-19(11-9-18)28(31)32/h4-13H,3,14H2,1-2H3,(H,26,27,30). The number of ketones is 1. The number of carbonyl (C=O) groups excluding carboxylic acids is 1. The fourth-order valence-corrected chi connectivity index (χ4v) is 4.59. The summed E-state index contributed by atoms with van der Waals surface area (Å²) in [5.74, 6) is 0.431. The number of fused-ring (bicyclic) bond motifs is 1. The van der Waals surface area contributed by atoms with E-state index in [0.717, 1.165) is 16.7 Å². The van der Waals surface area contributed by atoms with Crippen LogP contribution in [0, 0.1) is 17.0 Å². The third-order valence-corrected chi connectivity index (χ3v) is 6.34. The maximum Gasteiger partial charge on any atom is 0.269 e. The number of thioether (sulfide) groups is 1. The zero-order valence-electron chi connectivity index (χ0n) is 18.1. The molecule has 0 saturated carbocycles. The van der Waals surface area contributed by atoms with Crippen LogP contribution in [-0.2, 0) is 12.2 Å². The topological polar surface area (TPSA) is 106 Å². The largest absolute Gasteiger partial charge is 0.301 e. The summed E-state index contributed by atoms with van der Waals surface area (Å²) in [6.45, 7) is 3.88. The first kappa shape index (κ1) is 22.4. The number of nitrogens with one attached hydrogen (secondary N) is 1. The SMILES string of the molecule is CCc1cc(CSc2nc3ccccc3c(=O)[nH]2)cc(C)c1C(=O)c1ccc([N+](=O)[O-])cc1. The zero-order chi connectivity index (χ0) is 23.5. The monoisotopic (exact) mass is 459 g/mol. The molecule has 33 heavy (non-hydrogen) atoms. The molecule has 1 N–H and O–H groups in total. The third-order valence-electron chi connectivity index (χ3n) is 5.39. The smallest absolute Gasteiger partial charge is 0.269 e. The maximum absolute atomic E-state index is 13.2. The first-order chi connectivity index (χ1) is 15.9. The van der Waals surface area contributed by atoms with E-state index in [1.165, 1.54) is 36.0 Å². The molecule has 0 radical (unpaired) electrons. The number of hydrogen-bond acceptors (Lipinski definition) is 6. The van der Waals surface area contributed by atoms with Gasteiger partial charge in [0.25, 0.3) is 11.2 Å². The number of carbonyl (C=O) groups is 1. The Kier molecular flexibility index (Phi) is 6.37. The molecule has 0 saturated heterocycles. The Morgan fingerprint density at radius 3 is 2.55 bits per heavy atom. The van der Waals surface area contributed by atoms with Crippen molar-refractivity contribution in [3.05, 3.63) is 109 Å². The highest BCUT2D eigenvalue weighted by Gasteiger charge is 2.18. The minimum Gasteiger partial charge on any atom is -0.301 e. The number of aromatic nitrogens is 2. The summed E-state index contributed by atoms with van der Waals surface area (Å²) in [5.41, 5.74) is 4.24. The molecule has 1 heterocycles. The summed E-state index contributed by atoms with van der Waals surface area (Å²) >= 11 is 1.43. The van der Waals surface area contributed by atoms with E-state index in [1.54, 1.807) is 12.1 Å². The van der Waals surface area contributed by atoms with Crippen molar-refractivity contribution in [2.24, 2.45) is 0 Å². The van der Waals surface area contributed by atoms with Crippen LogP contribution in [0.1, 0.15) is 39.5 Å². The molecule has 0 aliphatic heterocycles. The minimum absolute atomic E-state index is 0.0494. The molecule has 0 bridgehead atoms. The summed E-state index contributed by atoms with van der Waals surface area (Å²) in [7, 11) is 0. The highest BCUT2D eigenvalue weighted by Crippen LogP contribution is 2.26. The van der Waals surface area contributed by atoms with Gasteiger partial charge in [0.15, 0.2) is 10.9 Å². The van der Waals surface area contributed by atoms with Gasteiger partial charge in [0.2, 0.25) is 0 Å². The number of nitro groups is 1. The van der Waals surface area contributed by atoms with Gasteiger partial charge in [-0.2, -0.15) is 0 Å². The van der Waals surface area contributed by atoms with E-state index in [-0.39, 0.29) is 17.0 Å². The van der Waals surface area contributed by atoms with Gasteiger partial charge in [0.1, 0.15) is 0 Å². The van der Waals surface area contributed by atoms with Gasteiger partial charge in [0, 0.05) is 29.0 Å². The number of hydrogen-bond donors (Lipinski definition) is 1. The van der Waals surface area contributed by atoms with E-state index in [9.17, 15) is 19.7 Å². The van der Waals surface area contributed by atoms with Crippen molar-refractivity contribution in [2.45, 2.75) is 31.2 Å². The number of aryl methyl sites for hydroxylation is 2. The van der Waals surface area contributed by atoms with Crippen LogP contribution in [0.15, 0.2) is 70.6 Å². The van der Waals surface area contributed by atoms with Crippen molar-refractivity contribution in [3.8, 4) is 0 Å². The number of nitro benzene ring substituents is 1. The van der Waals surface area contributed by atoms with Gasteiger partial charge in [-0.05, 0) is 54.3 Å². The van der Waals surface area contributed by atoms with Gasteiger partial charge in [0.05, 0.1) is 15.8 Å². The summed E-state index contributed by atoms with van der Waals surface area (Å²) in [5, 5.41) is 12.0. The summed E-state index contributed by atoms with van der Waals surface area (Å²) in [6.07, 6.45) is 0.665. The van der Waals surface area contributed by atoms with Crippen molar-refractivity contribution < 1.29 is 9.72 Å². The molecule has 7 nitrogen and oxygen atoms in total. The van der Waals surface area contributed by atoms with Gasteiger partial charge in [-0.25, -0.2) is 4.98 Å². The van der Waals surface area contributed by atoms with Gasteiger partial charge in [-0.15, -0.1) is 0 Å². The molecule has 0 fully saturated rings. The Bertz CT molecular complexity index is 1430. The van der Waals surface area contributed by atoms with Crippen molar-refractivity contribution in [3.63, 3.8) is 0 Å². The average Bonchev–Trinajstić information content (AvgIpc) is 2.82. The molecule has 0 unspecified atom stereocenters. The second-order valence-corrected chi connectivity index (χ2v) is 8.57. The predicted octanol–water partition coefficient (Wildman–Crippen LogP) is 5.23. The Labute approximate surface area is 194 Å². The molecular weight excluding hydrogens is 438 g/mol. The minimum atomic E-state index is -0.485. The van der Waals surface area contributed by atoms with Crippen molar-refractivity contribution in [1.82, 2.24) is 9.97 Å². The molecule has 0 aliphatic carbocycles. The van der Waals surface area contributed by atoms with Gasteiger partial charge < -0.3 is 4.98 Å². The molecule has 8 heteroatoms. The van der Waals surface area contributed by atoms with E-state index in [0.29, 0.717) is 39.4 Å². The fourth-order valence-electron chi connectivity index (χ4n) is 3.79. The van der Waals surface area contributed by atoms with Crippen molar-refractivity contribution in [1.29, 1.82) is 0 Å². The Morgan fingerprint density at radius 1 is 1.12 bits per heavy atom. The number of nitrogens with zero attached hydrogens (tertiary/aromatic N) is 2. The molecule has 0 atom stereocenters. The number of para-hydroxylation sites is 1. The van der Waals surface area contributed by atoms with E-state index in [4.69, 9.17) is 0 Å². The Balaban J connectivity index is 1.59. The van der Waals surface area contributed by atoms with Crippen LogP contribution in [0.4, 0.5) is 5.69 Å². The molecule has 4 aromatic rings. The van der Waals surface area contributed by atoms with Crippen LogP contribution in [0.3, 0.4) is 0 Å². The van der Waals surface area contributed by atoms with Gasteiger partial charge in [-0.1, -0.05) is 43.0 Å². The number of aromatic amines is 1. The van der Waals surface area contributed by atoms with Crippen LogP contribution in [0.5, 0.6) is 0 Å².